The van der Waals surface area contributed by atoms with Crippen LogP contribution in [0.3, 0.4) is 0 Å². The maximum absolute atomic E-state index is 6.29. The number of ether oxygens (including phenoxy) is 1. The summed E-state index contributed by atoms with van der Waals surface area (Å²) in [4.78, 5) is 4.56. The molecule has 4 nitrogen and oxygen atoms in total. The van der Waals surface area contributed by atoms with Crippen LogP contribution in [-0.2, 0) is 11.5 Å². The molecular formula is C15H21BrClN3OS2. The third-order valence-electron chi connectivity index (χ3n) is 3.05. The van der Waals surface area contributed by atoms with E-state index < -0.39 is 10.0 Å². The van der Waals surface area contributed by atoms with Crippen molar-refractivity contribution in [3.05, 3.63) is 27.7 Å². The van der Waals surface area contributed by atoms with E-state index in [2.05, 4.69) is 44.8 Å². The van der Waals surface area contributed by atoms with Crippen LogP contribution in [0.25, 0.3) is 11.4 Å². The molecule has 23 heavy (non-hydrogen) atoms. The second-order valence-electron chi connectivity index (χ2n) is 5.88. The van der Waals surface area contributed by atoms with Crippen LogP contribution in [0.1, 0.15) is 0 Å². The van der Waals surface area contributed by atoms with Gasteiger partial charge in [0.25, 0.3) is 0 Å². The minimum atomic E-state index is -0.539. The zero-order valence-electron chi connectivity index (χ0n) is 13.7. The van der Waals surface area contributed by atoms with Crippen molar-refractivity contribution in [2.45, 2.75) is 11.9 Å². The van der Waals surface area contributed by atoms with Crippen LogP contribution in [0.4, 0.5) is 0 Å². The van der Waals surface area contributed by atoms with Crippen LogP contribution < -0.4 is 0 Å². The summed E-state index contributed by atoms with van der Waals surface area (Å²) in [6.07, 6.45) is 8.83. The first-order valence-corrected chi connectivity index (χ1v) is 12.4. The molecule has 1 heterocycles. The topological polar surface area (TPSA) is 39.9 Å². The monoisotopic (exact) mass is 437 g/mol. The molecule has 0 bridgehead atoms. The minimum absolute atomic E-state index is 0.410. The molecule has 0 aliphatic heterocycles. The predicted octanol–water partition coefficient (Wildman–Crippen LogP) is 4.75. The minimum Gasteiger partial charge on any atom is -0.358 e. The summed E-state index contributed by atoms with van der Waals surface area (Å²) < 4.78 is 8.49. The number of nitrogens with zero attached hydrogens (tertiary/aromatic N) is 3. The molecule has 0 aliphatic carbocycles. The molecule has 0 atom stereocenters. The van der Waals surface area contributed by atoms with Gasteiger partial charge >= 0.3 is 0 Å². The highest BCUT2D eigenvalue weighted by Gasteiger charge is 2.14. The summed E-state index contributed by atoms with van der Waals surface area (Å²) in [7, 11) is -0.539. The second-order valence-corrected chi connectivity index (χ2v) is 12.6. The number of benzene rings is 1. The average molecular weight is 439 g/mol. The summed E-state index contributed by atoms with van der Waals surface area (Å²) in [5.74, 6) is 1.71. The van der Waals surface area contributed by atoms with Crippen molar-refractivity contribution in [1.82, 2.24) is 14.8 Å². The Morgan fingerprint density at radius 2 is 2.09 bits per heavy atom. The van der Waals surface area contributed by atoms with E-state index in [-0.39, 0.29) is 0 Å². The van der Waals surface area contributed by atoms with Gasteiger partial charge in [0.05, 0.1) is 11.6 Å². The number of hydrogen-bond acceptors (Lipinski definition) is 4. The molecule has 0 saturated carbocycles. The Morgan fingerprint density at radius 1 is 1.35 bits per heavy atom. The fraction of sp³-hybridized carbons (Fsp3) is 0.467. The highest BCUT2D eigenvalue weighted by molar-refractivity contribution is 9.10. The average Bonchev–Trinajstić information content (AvgIpc) is 2.85. The largest absolute Gasteiger partial charge is 0.358 e. The first-order valence-electron chi connectivity index (χ1n) is 6.98. The van der Waals surface area contributed by atoms with Gasteiger partial charge in [0.2, 0.25) is 0 Å². The van der Waals surface area contributed by atoms with Gasteiger partial charge in [-0.2, -0.15) is 0 Å². The van der Waals surface area contributed by atoms with Gasteiger partial charge in [0.15, 0.2) is 11.0 Å². The number of rotatable bonds is 7. The molecule has 0 unspecified atom stereocenters. The first-order chi connectivity index (χ1) is 10.8. The van der Waals surface area contributed by atoms with E-state index in [1.807, 2.05) is 24.5 Å². The molecule has 8 heteroatoms. The summed E-state index contributed by atoms with van der Waals surface area (Å²) >= 11 is 11.2. The fourth-order valence-electron chi connectivity index (χ4n) is 1.81. The van der Waals surface area contributed by atoms with Crippen molar-refractivity contribution in [3.8, 4) is 11.4 Å². The highest BCUT2D eigenvalue weighted by Crippen LogP contribution is 2.33. The van der Waals surface area contributed by atoms with Gasteiger partial charge in [-0.05, 0) is 43.2 Å². The van der Waals surface area contributed by atoms with E-state index in [9.17, 15) is 0 Å². The lowest BCUT2D eigenvalue weighted by atomic mass is 10.2. The van der Waals surface area contributed by atoms with Crippen molar-refractivity contribution in [1.29, 1.82) is 0 Å². The molecule has 2 aromatic rings. The van der Waals surface area contributed by atoms with Crippen LogP contribution in [0.5, 0.6) is 0 Å². The fourth-order valence-corrected chi connectivity index (χ4v) is 3.67. The predicted molar refractivity (Wildman–Crippen MR) is 106 cm³/mol. The van der Waals surface area contributed by atoms with E-state index in [0.717, 1.165) is 27.6 Å². The highest BCUT2D eigenvalue weighted by atomic mass is 79.9. The molecule has 0 aliphatic rings. The molecule has 0 radical (unpaired) electrons. The number of hydrogen-bond donors (Lipinski definition) is 0. The smallest absolute Gasteiger partial charge is 0.188 e. The third-order valence-corrected chi connectivity index (χ3v) is 5.91. The first kappa shape index (κ1) is 19.1. The Morgan fingerprint density at radius 3 is 2.70 bits per heavy atom. The molecule has 0 spiro atoms. The summed E-state index contributed by atoms with van der Waals surface area (Å²) in [5.41, 5.74) is 0.822. The maximum Gasteiger partial charge on any atom is 0.188 e. The Hall–Kier alpha value is -0.210. The lowest BCUT2D eigenvalue weighted by Gasteiger charge is -2.24. The van der Waals surface area contributed by atoms with Crippen molar-refractivity contribution < 1.29 is 4.74 Å². The van der Waals surface area contributed by atoms with Crippen LogP contribution >= 0.6 is 49.3 Å². The Labute approximate surface area is 156 Å². The number of aromatic nitrogens is 3. The van der Waals surface area contributed by atoms with Gasteiger partial charge in [0, 0.05) is 15.8 Å². The van der Waals surface area contributed by atoms with Gasteiger partial charge in [-0.1, -0.05) is 39.3 Å². The van der Waals surface area contributed by atoms with Crippen molar-refractivity contribution in [2.24, 2.45) is 0 Å². The Kier molecular flexibility index (Phi) is 6.86. The lowest BCUT2D eigenvalue weighted by Crippen LogP contribution is -2.11. The van der Waals surface area contributed by atoms with Crippen LogP contribution in [0, 0.1) is 0 Å². The molecule has 1 aromatic heterocycles. The van der Waals surface area contributed by atoms with Gasteiger partial charge < -0.3 is 4.74 Å². The molecule has 128 valence electrons. The SMILES string of the molecule is CSc1nc(-c2ccc(Br)cc2Cl)nn1COCCS(C)(C)C. The Bertz CT molecular complexity index is 673. The molecule has 2 rings (SSSR count). The maximum atomic E-state index is 6.29. The summed E-state index contributed by atoms with van der Waals surface area (Å²) in [6.45, 7) is 1.15. The zero-order chi connectivity index (χ0) is 17.0. The zero-order valence-corrected chi connectivity index (χ0v) is 17.7. The molecule has 0 saturated heterocycles. The van der Waals surface area contributed by atoms with Crippen LogP contribution in [0.15, 0.2) is 27.8 Å². The van der Waals surface area contributed by atoms with Crippen molar-refractivity contribution >= 4 is 49.3 Å². The van der Waals surface area contributed by atoms with Gasteiger partial charge in [0.1, 0.15) is 6.73 Å². The van der Waals surface area contributed by atoms with Gasteiger partial charge in [-0.25, -0.2) is 19.7 Å². The normalized spacial score (nSPS) is 12.6. The summed E-state index contributed by atoms with van der Waals surface area (Å²) in [5, 5.41) is 5.99. The number of thioether (sulfide) groups is 1. The van der Waals surface area contributed by atoms with E-state index in [0.29, 0.717) is 17.6 Å². The molecule has 0 fully saturated rings. The molecule has 0 amide bonds. The third kappa shape index (κ3) is 5.67. The van der Waals surface area contributed by atoms with E-state index >= 15 is 0 Å². The van der Waals surface area contributed by atoms with Gasteiger partial charge in [-0.15, -0.1) is 5.10 Å². The quantitative estimate of drug-likeness (QED) is 0.462. The van der Waals surface area contributed by atoms with Crippen LogP contribution in [0.2, 0.25) is 5.02 Å². The van der Waals surface area contributed by atoms with Gasteiger partial charge in [-0.3, -0.25) is 0 Å². The van der Waals surface area contributed by atoms with Crippen molar-refractivity contribution in [2.75, 3.05) is 37.4 Å². The summed E-state index contributed by atoms with van der Waals surface area (Å²) in [6, 6.07) is 5.70. The molecule has 1 aromatic carbocycles. The lowest BCUT2D eigenvalue weighted by molar-refractivity contribution is 0.0743. The Balaban J connectivity index is 2.11. The second kappa shape index (κ2) is 8.25. The molecule has 0 N–H and O–H groups in total. The van der Waals surface area contributed by atoms with E-state index in [4.69, 9.17) is 16.3 Å². The van der Waals surface area contributed by atoms with E-state index in [1.165, 1.54) is 0 Å². The van der Waals surface area contributed by atoms with Crippen LogP contribution in [-0.4, -0.2) is 52.1 Å². The molecular weight excluding hydrogens is 418 g/mol. The standard InChI is InChI=1S/C15H21BrClN3OS2/c1-22-15-18-14(12-6-5-11(16)9-13(12)17)19-20(15)10-21-7-8-23(2,3)4/h5-6,9H,7-8,10H2,1-4H3. The van der Waals surface area contributed by atoms with E-state index in [1.54, 1.807) is 16.4 Å². The number of halogens is 2. The van der Waals surface area contributed by atoms with Crippen molar-refractivity contribution in [3.63, 3.8) is 0 Å².